The van der Waals surface area contributed by atoms with Gasteiger partial charge in [0.15, 0.2) is 10.9 Å². The summed E-state index contributed by atoms with van der Waals surface area (Å²) in [6, 6.07) is 1.66. The van der Waals surface area contributed by atoms with Crippen LogP contribution in [0.5, 0.6) is 5.75 Å². The standard InChI is InChI=1S/C10H10Cl2N2OS/c1-2-3-15-8-5(11)4-6(12)9-7(8)14-10(13)16-9/h4H,2-3H2,1H3,(H2,13,14). The number of benzene rings is 1. The van der Waals surface area contributed by atoms with Gasteiger partial charge in [-0.2, -0.15) is 0 Å². The molecule has 0 aliphatic rings. The number of ether oxygens (including phenoxy) is 1. The fourth-order valence-electron chi connectivity index (χ4n) is 1.35. The lowest BCUT2D eigenvalue weighted by Crippen LogP contribution is -1.96. The molecule has 0 radical (unpaired) electrons. The highest BCUT2D eigenvalue weighted by Gasteiger charge is 2.15. The molecule has 0 aliphatic heterocycles. The Morgan fingerprint density at radius 2 is 2.19 bits per heavy atom. The van der Waals surface area contributed by atoms with Crippen molar-refractivity contribution < 1.29 is 4.74 Å². The van der Waals surface area contributed by atoms with E-state index in [1.807, 2.05) is 6.92 Å². The van der Waals surface area contributed by atoms with Crippen LogP contribution in [-0.2, 0) is 0 Å². The summed E-state index contributed by atoms with van der Waals surface area (Å²) in [5.41, 5.74) is 6.30. The van der Waals surface area contributed by atoms with Crippen LogP contribution < -0.4 is 10.5 Å². The van der Waals surface area contributed by atoms with Crippen LogP contribution in [0.1, 0.15) is 13.3 Å². The Morgan fingerprint density at radius 1 is 1.44 bits per heavy atom. The van der Waals surface area contributed by atoms with Gasteiger partial charge in [-0.15, -0.1) is 0 Å². The predicted molar refractivity (Wildman–Crippen MR) is 69.8 cm³/mol. The van der Waals surface area contributed by atoms with Gasteiger partial charge in [-0.05, 0) is 12.5 Å². The molecule has 1 heterocycles. The zero-order chi connectivity index (χ0) is 11.7. The first-order valence-electron chi connectivity index (χ1n) is 4.80. The Balaban J connectivity index is 2.61. The summed E-state index contributed by atoms with van der Waals surface area (Å²) in [5, 5.41) is 1.48. The highest BCUT2D eigenvalue weighted by atomic mass is 35.5. The van der Waals surface area contributed by atoms with Crippen molar-refractivity contribution in [3.63, 3.8) is 0 Å². The van der Waals surface area contributed by atoms with Crippen molar-refractivity contribution in [2.45, 2.75) is 13.3 Å². The van der Waals surface area contributed by atoms with Crippen LogP contribution in [0.25, 0.3) is 10.2 Å². The predicted octanol–water partition coefficient (Wildman–Crippen LogP) is 3.97. The minimum absolute atomic E-state index is 0.459. The highest BCUT2D eigenvalue weighted by Crippen LogP contribution is 2.41. The lowest BCUT2D eigenvalue weighted by molar-refractivity contribution is 0.321. The van der Waals surface area contributed by atoms with Gasteiger partial charge >= 0.3 is 0 Å². The maximum Gasteiger partial charge on any atom is 0.181 e. The van der Waals surface area contributed by atoms with Gasteiger partial charge in [0.1, 0.15) is 5.52 Å². The molecule has 0 atom stereocenters. The molecule has 16 heavy (non-hydrogen) atoms. The summed E-state index contributed by atoms with van der Waals surface area (Å²) in [4.78, 5) is 4.19. The van der Waals surface area contributed by atoms with E-state index in [1.165, 1.54) is 11.3 Å². The van der Waals surface area contributed by atoms with Gasteiger partial charge in [0, 0.05) is 0 Å². The van der Waals surface area contributed by atoms with E-state index in [0.717, 1.165) is 11.1 Å². The van der Waals surface area contributed by atoms with E-state index < -0.39 is 0 Å². The normalized spacial score (nSPS) is 10.9. The third kappa shape index (κ3) is 2.05. The lowest BCUT2D eigenvalue weighted by atomic mass is 10.3. The molecular weight excluding hydrogens is 267 g/mol. The molecule has 2 N–H and O–H groups in total. The summed E-state index contributed by atoms with van der Waals surface area (Å²) in [5.74, 6) is 0.566. The number of thiazole rings is 1. The van der Waals surface area contributed by atoms with E-state index in [4.69, 9.17) is 33.7 Å². The van der Waals surface area contributed by atoms with E-state index in [-0.39, 0.29) is 0 Å². The molecule has 2 rings (SSSR count). The molecule has 6 heteroatoms. The highest BCUT2D eigenvalue weighted by molar-refractivity contribution is 7.22. The van der Waals surface area contributed by atoms with Crippen LogP contribution in [0.15, 0.2) is 6.07 Å². The first kappa shape index (κ1) is 11.8. The van der Waals surface area contributed by atoms with Gasteiger partial charge in [-0.3, -0.25) is 0 Å². The largest absolute Gasteiger partial charge is 0.490 e. The van der Waals surface area contributed by atoms with Gasteiger partial charge in [0.2, 0.25) is 0 Å². The van der Waals surface area contributed by atoms with Crippen LogP contribution in [-0.4, -0.2) is 11.6 Å². The smallest absolute Gasteiger partial charge is 0.181 e. The van der Waals surface area contributed by atoms with E-state index in [9.17, 15) is 0 Å². The average Bonchev–Trinajstić information content (AvgIpc) is 2.60. The van der Waals surface area contributed by atoms with Crippen molar-refractivity contribution >= 4 is 49.9 Å². The first-order chi connectivity index (χ1) is 7.63. The van der Waals surface area contributed by atoms with Gasteiger partial charge < -0.3 is 10.5 Å². The molecule has 0 fully saturated rings. The molecule has 0 aliphatic carbocycles. The quantitative estimate of drug-likeness (QED) is 0.923. The number of fused-ring (bicyclic) bond motifs is 1. The number of hydrogen-bond acceptors (Lipinski definition) is 4. The van der Waals surface area contributed by atoms with E-state index in [1.54, 1.807) is 6.07 Å². The number of nitrogen functional groups attached to an aromatic ring is 1. The van der Waals surface area contributed by atoms with Crippen molar-refractivity contribution in [2.24, 2.45) is 0 Å². The Labute approximate surface area is 107 Å². The summed E-state index contributed by atoms with van der Waals surface area (Å²) in [7, 11) is 0. The molecule has 1 aromatic heterocycles. The van der Waals surface area contributed by atoms with Crippen molar-refractivity contribution in [2.75, 3.05) is 12.3 Å². The minimum atomic E-state index is 0.459. The van der Waals surface area contributed by atoms with Gasteiger partial charge in [-0.1, -0.05) is 41.5 Å². The third-order valence-corrected chi connectivity index (χ3v) is 3.61. The Kier molecular flexibility index (Phi) is 3.42. The maximum atomic E-state index is 6.07. The van der Waals surface area contributed by atoms with Crippen LogP contribution in [0.4, 0.5) is 5.13 Å². The number of nitrogens with two attached hydrogens (primary N) is 1. The molecule has 0 saturated heterocycles. The second-order valence-electron chi connectivity index (χ2n) is 3.25. The topological polar surface area (TPSA) is 48.1 Å². The SMILES string of the molecule is CCCOc1c(Cl)cc(Cl)c2sc(N)nc12. The van der Waals surface area contributed by atoms with Crippen molar-refractivity contribution in [3.8, 4) is 5.75 Å². The number of anilines is 1. The van der Waals surface area contributed by atoms with Crippen LogP contribution in [0, 0.1) is 0 Å². The number of aromatic nitrogens is 1. The summed E-state index contributed by atoms with van der Waals surface area (Å²) in [6.07, 6.45) is 0.903. The molecule has 0 amide bonds. The van der Waals surface area contributed by atoms with E-state index in [2.05, 4.69) is 4.98 Å². The van der Waals surface area contributed by atoms with Crippen molar-refractivity contribution in [1.29, 1.82) is 0 Å². The van der Waals surface area contributed by atoms with Crippen LogP contribution in [0.2, 0.25) is 10.0 Å². The van der Waals surface area contributed by atoms with Crippen molar-refractivity contribution in [3.05, 3.63) is 16.1 Å². The molecular formula is C10H10Cl2N2OS. The van der Waals surface area contributed by atoms with Gasteiger partial charge in [0.05, 0.1) is 21.4 Å². The maximum absolute atomic E-state index is 6.07. The third-order valence-electron chi connectivity index (χ3n) is 2.00. The fourth-order valence-corrected chi connectivity index (χ4v) is 2.71. The molecule has 0 saturated carbocycles. The summed E-state index contributed by atoms with van der Waals surface area (Å²) >= 11 is 13.5. The molecule has 0 bridgehead atoms. The Bertz CT molecular complexity index is 527. The Morgan fingerprint density at radius 3 is 2.88 bits per heavy atom. The number of hydrogen-bond donors (Lipinski definition) is 1. The summed E-state index contributed by atoms with van der Waals surface area (Å²) in [6.45, 7) is 2.62. The van der Waals surface area contributed by atoms with Gasteiger partial charge in [0.25, 0.3) is 0 Å². The number of rotatable bonds is 3. The zero-order valence-corrected chi connectivity index (χ0v) is 10.9. The molecule has 3 nitrogen and oxygen atoms in total. The monoisotopic (exact) mass is 276 g/mol. The minimum Gasteiger partial charge on any atom is -0.490 e. The second-order valence-corrected chi connectivity index (χ2v) is 5.09. The van der Waals surface area contributed by atoms with Crippen LogP contribution in [0.3, 0.4) is 0 Å². The lowest BCUT2D eigenvalue weighted by Gasteiger charge is -2.07. The average molecular weight is 277 g/mol. The summed E-state index contributed by atoms with van der Waals surface area (Å²) < 4.78 is 6.38. The molecule has 1 aromatic carbocycles. The molecule has 2 aromatic rings. The number of nitrogens with zero attached hydrogens (tertiary/aromatic N) is 1. The van der Waals surface area contributed by atoms with E-state index >= 15 is 0 Å². The molecule has 0 unspecified atom stereocenters. The van der Waals surface area contributed by atoms with Crippen LogP contribution >= 0.6 is 34.5 Å². The molecule has 0 spiro atoms. The number of halogens is 2. The fraction of sp³-hybridized carbons (Fsp3) is 0.300. The molecule has 86 valence electrons. The second kappa shape index (κ2) is 4.65. The Hall–Kier alpha value is -0.710. The zero-order valence-electron chi connectivity index (χ0n) is 8.59. The van der Waals surface area contributed by atoms with Gasteiger partial charge in [-0.25, -0.2) is 4.98 Å². The van der Waals surface area contributed by atoms with E-state index in [0.29, 0.717) is 33.0 Å². The first-order valence-corrected chi connectivity index (χ1v) is 6.37. The van der Waals surface area contributed by atoms with Crippen molar-refractivity contribution in [1.82, 2.24) is 4.98 Å².